The summed E-state index contributed by atoms with van der Waals surface area (Å²) in [6.45, 7) is 6.50. The summed E-state index contributed by atoms with van der Waals surface area (Å²) < 4.78 is 33.3. The van der Waals surface area contributed by atoms with Gasteiger partial charge in [0.25, 0.3) is 5.91 Å². The van der Waals surface area contributed by atoms with Crippen molar-refractivity contribution in [3.63, 3.8) is 0 Å². The average molecular weight is 545 g/mol. The standard InChI is InChI=1S/C26H36N6O5S/c1-18-16-32(13-14-37-18)25-27-10-5-23(29-25)28-24(34)21-4-3-20(30-38(35,36)19(2)17-33)15-22(21)31-11-8-26(6-7-26)9-12-31/h3-5,10,15,18-19,30,33H,6-9,11-14,16-17H2,1-2H3,(H,27,28,29,34)/t18-,19-/m1/s1. The molecule has 0 radical (unpaired) electrons. The number of hydrogen-bond acceptors (Lipinski definition) is 9. The number of benzene rings is 1. The fourth-order valence-electron chi connectivity index (χ4n) is 5.06. The molecular formula is C26H36N6O5S. The lowest BCUT2D eigenvalue weighted by atomic mass is 9.93. The van der Waals surface area contributed by atoms with Crippen LogP contribution in [0.1, 0.15) is 49.9 Å². The van der Waals surface area contributed by atoms with E-state index in [0.717, 1.165) is 25.9 Å². The van der Waals surface area contributed by atoms with Crippen LogP contribution in [0.4, 0.5) is 23.1 Å². The summed E-state index contributed by atoms with van der Waals surface area (Å²) in [5, 5.41) is 11.3. The molecule has 12 heteroatoms. The molecule has 2 saturated heterocycles. The van der Waals surface area contributed by atoms with Gasteiger partial charge in [0.1, 0.15) is 11.1 Å². The lowest BCUT2D eigenvalue weighted by Crippen LogP contribution is -2.42. The van der Waals surface area contributed by atoms with E-state index in [0.29, 0.717) is 53.8 Å². The molecule has 206 valence electrons. The predicted octanol–water partition coefficient (Wildman–Crippen LogP) is 2.46. The minimum Gasteiger partial charge on any atom is -0.395 e. The third-order valence-corrected chi connectivity index (χ3v) is 9.55. The van der Waals surface area contributed by atoms with Crippen LogP contribution >= 0.6 is 0 Å². The van der Waals surface area contributed by atoms with Gasteiger partial charge in [0.05, 0.1) is 36.3 Å². The number of sulfonamides is 1. The molecular weight excluding hydrogens is 508 g/mol. The summed E-state index contributed by atoms with van der Waals surface area (Å²) in [5.41, 5.74) is 1.92. The topological polar surface area (TPSA) is 137 Å². The number of aliphatic hydroxyl groups is 1. The minimum atomic E-state index is -3.77. The molecule has 1 aliphatic carbocycles. The Morgan fingerprint density at radius 3 is 2.63 bits per heavy atom. The number of nitrogens with zero attached hydrogens (tertiary/aromatic N) is 4. The zero-order valence-electron chi connectivity index (χ0n) is 21.9. The van der Waals surface area contributed by atoms with Crippen molar-refractivity contribution in [2.45, 2.75) is 50.9 Å². The fraction of sp³-hybridized carbons (Fsp3) is 0.577. The van der Waals surface area contributed by atoms with E-state index in [1.165, 1.54) is 19.8 Å². The number of aliphatic hydroxyl groups excluding tert-OH is 1. The lowest BCUT2D eigenvalue weighted by molar-refractivity contribution is 0.0526. The van der Waals surface area contributed by atoms with Crippen molar-refractivity contribution in [3.05, 3.63) is 36.0 Å². The Morgan fingerprint density at radius 2 is 1.95 bits per heavy atom. The van der Waals surface area contributed by atoms with Crippen LogP contribution in [0.5, 0.6) is 0 Å². The second-order valence-electron chi connectivity index (χ2n) is 10.7. The molecule has 2 atom stereocenters. The van der Waals surface area contributed by atoms with Gasteiger partial charge < -0.3 is 25.0 Å². The van der Waals surface area contributed by atoms with Gasteiger partial charge in [0.15, 0.2) is 0 Å². The van der Waals surface area contributed by atoms with E-state index >= 15 is 0 Å². The van der Waals surface area contributed by atoms with Crippen molar-refractivity contribution in [1.29, 1.82) is 0 Å². The normalized spacial score (nSPS) is 21.7. The Balaban J connectivity index is 1.39. The predicted molar refractivity (Wildman–Crippen MR) is 146 cm³/mol. The second kappa shape index (κ2) is 10.7. The van der Waals surface area contributed by atoms with Gasteiger partial charge in [-0.05, 0) is 69.2 Å². The number of rotatable bonds is 8. The zero-order valence-corrected chi connectivity index (χ0v) is 22.7. The van der Waals surface area contributed by atoms with Crippen LogP contribution in [0.3, 0.4) is 0 Å². The van der Waals surface area contributed by atoms with Gasteiger partial charge in [-0.3, -0.25) is 9.52 Å². The van der Waals surface area contributed by atoms with E-state index in [9.17, 15) is 18.3 Å². The van der Waals surface area contributed by atoms with Crippen molar-refractivity contribution < 1.29 is 23.1 Å². The van der Waals surface area contributed by atoms with E-state index in [-0.39, 0.29) is 12.0 Å². The molecule has 1 aromatic heterocycles. The third kappa shape index (κ3) is 5.87. The molecule has 3 aliphatic rings. The van der Waals surface area contributed by atoms with E-state index in [1.54, 1.807) is 30.5 Å². The van der Waals surface area contributed by atoms with Crippen LogP contribution in [-0.4, -0.2) is 80.1 Å². The molecule has 5 rings (SSSR count). The molecule has 0 unspecified atom stereocenters. The fourth-order valence-corrected chi connectivity index (χ4v) is 5.92. The largest absolute Gasteiger partial charge is 0.395 e. The number of hydrogen-bond donors (Lipinski definition) is 3. The molecule has 1 aromatic carbocycles. The maximum Gasteiger partial charge on any atom is 0.258 e. The molecule has 3 heterocycles. The van der Waals surface area contributed by atoms with Gasteiger partial charge in [-0.2, -0.15) is 4.98 Å². The Bertz CT molecular complexity index is 1270. The van der Waals surface area contributed by atoms with Crippen molar-refractivity contribution >= 4 is 39.1 Å². The van der Waals surface area contributed by atoms with Crippen molar-refractivity contribution in [1.82, 2.24) is 9.97 Å². The number of nitrogens with one attached hydrogen (secondary N) is 2. The third-order valence-electron chi connectivity index (χ3n) is 7.82. The number of piperidine rings is 1. The first-order valence-electron chi connectivity index (χ1n) is 13.2. The van der Waals surface area contributed by atoms with Crippen LogP contribution < -0.4 is 19.8 Å². The number of anilines is 4. The maximum atomic E-state index is 13.5. The molecule has 0 bridgehead atoms. The molecule has 2 aliphatic heterocycles. The molecule has 3 N–H and O–H groups in total. The van der Waals surface area contributed by atoms with E-state index in [1.807, 2.05) is 11.8 Å². The van der Waals surface area contributed by atoms with Crippen molar-refractivity contribution in [2.75, 3.05) is 59.2 Å². The molecule has 3 fully saturated rings. The van der Waals surface area contributed by atoms with Gasteiger partial charge in [-0.1, -0.05) is 0 Å². The highest BCUT2D eigenvalue weighted by atomic mass is 32.2. The highest BCUT2D eigenvalue weighted by Crippen LogP contribution is 2.54. The number of carbonyl (C=O) groups is 1. The Labute approximate surface area is 223 Å². The number of morpholine rings is 1. The van der Waals surface area contributed by atoms with Gasteiger partial charge in [0.2, 0.25) is 16.0 Å². The van der Waals surface area contributed by atoms with E-state index in [2.05, 4.69) is 24.9 Å². The Kier molecular flexibility index (Phi) is 7.47. The smallest absolute Gasteiger partial charge is 0.258 e. The van der Waals surface area contributed by atoms with Gasteiger partial charge in [-0.15, -0.1) is 0 Å². The maximum absolute atomic E-state index is 13.5. The summed E-state index contributed by atoms with van der Waals surface area (Å²) in [7, 11) is -3.77. The zero-order chi connectivity index (χ0) is 26.9. The number of amides is 1. The van der Waals surface area contributed by atoms with Crippen LogP contribution in [0.2, 0.25) is 0 Å². The lowest BCUT2D eigenvalue weighted by Gasteiger charge is -2.35. The first-order chi connectivity index (χ1) is 18.2. The average Bonchev–Trinajstić information content (AvgIpc) is 3.67. The van der Waals surface area contributed by atoms with Crippen molar-refractivity contribution in [2.24, 2.45) is 5.41 Å². The highest BCUT2D eigenvalue weighted by molar-refractivity contribution is 7.93. The van der Waals surface area contributed by atoms with Crippen LogP contribution in [0.25, 0.3) is 0 Å². The highest BCUT2D eigenvalue weighted by Gasteiger charge is 2.44. The minimum absolute atomic E-state index is 0.0729. The summed E-state index contributed by atoms with van der Waals surface area (Å²) >= 11 is 0. The summed E-state index contributed by atoms with van der Waals surface area (Å²) in [6, 6.07) is 6.58. The number of carbonyl (C=O) groups excluding carboxylic acids is 1. The molecule has 2 aromatic rings. The van der Waals surface area contributed by atoms with Gasteiger partial charge >= 0.3 is 0 Å². The quantitative estimate of drug-likeness (QED) is 0.458. The first kappa shape index (κ1) is 26.6. The first-order valence-corrected chi connectivity index (χ1v) is 14.8. The van der Waals surface area contributed by atoms with E-state index < -0.39 is 21.9 Å². The van der Waals surface area contributed by atoms with Gasteiger partial charge in [0, 0.05) is 32.4 Å². The SMILES string of the molecule is C[C@@H]1CN(c2nccc(NC(=O)c3ccc(NS(=O)(=O)[C@H](C)CO)cc3N3CCC4(CC3)CC4)n2)CCO1. The second-order valence-corrected chi connectivity index (χ2v) is 12.8. The van der Waals surface area contributed by atoms with Crippen LogP contribution in [0.15, 0.2) is 30.5 Å². The Morgan fingerprint density at radius 1 is 1.18 bits per heavy atom. The molecule has 11 nitrogen and oxygen atoms in total. The molecule has 1 spiro atoms. The van der Waals surface area contributed by atoms with Crippen LogP contribution in [0, 0.1) is 5.41 Å². The van der Waals surface area contributed by atoms with Gasteiger partial charge in [-0.25, -0.2) is 13.4 Å². The van der Waals surface area contributed by atoms with Crippen molar-refractivity contribution in [3.8, 4) is 0 Å². The number of ether oxygens (including phenoxy) is 1. The molecule has 1 amide bonds. The summed E-state index contributed by atoms with van der Waals surface area (Å²) in [5.74, 6) is 0.596. The molecule has 1 saturated carbocycles. The monoisotopic (exact) mass is 544 g/mol. The Hall–Kier alpha value is -2.96. The molecule has 38 heavy (non-hydrogen) atoms. The number of aromatic nitrogens is 2. The summed E-state index contributed by atoms with van der Waals surface area (Å²) in [6.07, 6.45) is 6.32. The van der Waals surface area contributed by atoms with Crippen LogP contribution in [-0.2, 0) is 14.8 Å². The summed E-state index contributed by atoms with van der Waals surface area (Å²) in [4.78, 5) is 26.6. The van der Waals surface area contributed by atoms with E-state index in [4.69, 9.17) is 4.74 Å².